The maximum Gasteiger partial charge on any atom is 0.226 e. The SMILES string of the molecule is CC(C)NC(=O)C12CC3C[C@@H](CC[C@H](C3)C1)C2. The van der Waals surface area contributed by atoms with Crippen LogP contribution in [0.15, 0.2) is 0 Å². The number of carbonyl (C=O) groups is 1. The number of hydrogen-bond donors (Lipinski definition) is 1. The second-order valence-electron chi connectivity index (χ2n) is 7.17. The Hall–Kier alpha value is -0.530. The lowest BCUT2D eigenvalue weighted by Crippen LogP contribution is -2.50. The van der Waals surface area contributed by atoms with Gasteiger partial charge in [0.05, 0.1) is 0 Å². The fraction of sp³-hybridized carbons (Fsp3) is 0.933. The molecule has 1 N–H and O–H groups in total. The predicted octanol–water partition coefficient (Wildman–Crippen LogP) is 3.12. The van der Waals surface area contributed by atoms with Gasteiger partial charge in [-0.3, -0.25) is 4.79 Å². The third kappa shape index (κ3) is 2.00. The molecule has 2 atom stereocenters. The van der Waals surface area contributed by atoms with E-state index >= 15 is 0 Å². The highest BCUT2D eigenvalue weighted by atomic mass is 16.2. The number of hydrogen-bond acceptors (Lipinski definition) is 1. The van der Waals surface area contributed by atoms with Gasteiger partial charge in [-0.25, -0.2) is 0 Å². The van der Waals surface area contributed by atoms with E-state index in [1.165, 1.54) is 44.9 Å². The number of rotatable bonds is 2. The number of nitrogens with one attached hydrogen (secondary N) is 1. The molecule has 2 nitrogen and oxygen atoms in total. The molecular formula is C15H25NO. The standard InChI is InChI=1S/C15H25NO/c1-10(2)16-14(17)15-7-11-3-4-12(8-15)6-13(5-11)9-15/h10-13H,3-9H2,1-2H3,(H,16,17)/t11-,12-,13?,15?/m1/s1. The molecule has 0 aromatic carbocycles. The lowest BCUT2D eigenvalue weighted by Gasteiger charge is -2.47. The Kier molecular flexibility index (Phi) is 2.72. The second-order valence-corrected chi connectivity index (χ2v) is 7.17. The summed E-state index contributed by atoms with van der Waals surface area (Å²) in [6.45, 7) is 4.15. The highest BCUT2D eigenvalue weighted by molar-refractivity contribution is 5.83. The summed E-state index contributed by atoms with van der Waals surface area (Å²) in [7, 11) is 0. The molecule has 0 aromatic rings. The van der Waals surface area contributed by atoms with E-state index < -0.39 is 0 Å². The minimum Gasteiger partial charge on any atom is -0.353 e. The van der Waals surface area contributed by atoms with E-state index in [9.17, 15) is 4.79 Å². The zero-order chi connectivity index (χ0) is 12.0. The Morgan fingerprint density at radius 3 is 2.12 bits per heavy atom. The maximum absolute atomic E-state index is 12.5. The van der Waals surface area contributed by atoms with Gasteiger partial charge in [0.2, 0.25) is 5.91 Å². The fourth-order valence-corrected chi connectivity index (χ4v) is 4.88. The van der Waals surface area contributed by atoms with Crippen LogP contribution in [0.2, 0.25) is 0 Å². The zero-order valence-corrected chi connectivity index (χ0v) is 11.2. The first-order valence-electron chi connectivity index (χ1n) is 7.38. The molecule has 0 aliphatic heterocycles. The summed E-state index contributed by atoms with van der Waals surface area (Å²) in [5.41, 5.74) is 0.0251. The van der Waals surface area contributed by atoms with Crippen LogP contribution >= 0.6 is 0 Å². The van der Waals surface area contributed by atoms with Gasteiger partial charge in [-0.05, 0) is 63.7 Å². The molecular weight excluding hydrogens is 210 g/mol. The lowest BCUT2D eigenvalue weighted by molar-refractivity contribution is -0.139. The number of carbonyl (C=O) groups excluding carboxylic acids is 1. The highest BCUT2D eigenvalue weighted by Crippen LogP contribution is 2.57. The lowest BCUT2D eigenvalue weighted by atomic mass is 9.58. The second kappa shape index (κ2) is 4.00. The molecule has 4 aliphatic carbocycles. The van der Waals surface area contributed by atoms with Crippen LogP contribution in [0.3, 0.4) is 0 Å². The molecule has 0 heterocycles. The van der Waals surface area contributed by atoms with Crippen LogP contribution in [0.25, 0.3) is 0 Å². The molecule has 0 radical (unpaired) electrons. The Bertz CT molecular complexity index is 307. The van der Waals surface area contributed by atoms with Gasteiger partial charge in [0.1, 0.15) is 0 Å². The first-order chi connectivity index (χ1) is 8.07. The summed E-state index contributed by atoms with van der Waals surface area (Å²) >= 11 is 0. The Morgan fingerprint density at radius 1 is 1.06 bits per heavy atom. The molecule has 4 saturated carbocycles. The van der Waals surface area contributed by atoms with Crippen molar-refractivity contribution in [2.75, 3.05) is 0 Å². The van der Waals surface area contributed by atoms with Gasteiger partial charge >= 0.3 is 0 Å². The van der Waals surface area contributed by atoms with Crippen LogP contribution in [-0.2, 0) is 4.79 Å². The monoisotopic (exact) mass is 235 g/mol. The van der Waals surface area contributed by atoms with Gasteiger partial charge in [0.15, 0.2) is 0 Å². The molecule has 0 saturated heterocycles. The average molecular weight is 235 g/mol. The molecule has 2 heteroatoms. The summed E-state index contributed by atoms with van der Waals surface area (Å²) in [5, 5.41) is 3.19. The highest BCUT2D eigenvalue weighted by Gasteiger charge is 2.52. The molecule has 4 rings (SSSR count). The van der Waals surface area contributed by atoms with Gasteiger partial charge in [0.25, 0.3) is 0 Å². The predicted molar refractivity (Wildman–Crippen MR) is 68.5 cm³/mol. The van der Waals surface area contributed by atoms with Crippen molar-refractivity contribution >= 4 is 5.91 Å². The van der Waals surface area contributed by atoms with Gasteiger partial charge in [-0.1, -0.05) is 12.8 Å². The minimum absolute atomic E-state index is 0.0251. The van der Waals surface area contributed by atoms with Crippen molar-refractivity contribution in [3.63, 3.8) is 0 Å². The first kappa shape index (κ1) is 11.6. The third-order valence-electron chi connectivity index (χ3n) is 5.26. The van der Waals surface area contributed by atoms with E-state index in [-0.39, 0.29) is 11.5 Å². The van der Waals surface area contributed by atoms with Crippen LogP contribution in [0.1, 0.15) is 58.8 Å². The molecule has 0 aromatic heterocycles. The molecule has 4 aliphatic rings. The minimum atomic E-state index is 0.0251. The van der Waals surface area contributed by atoms with Gasteiger partial charge in [-0.15, -0.1) is 0 Å². The molecule has 0 unspecified atom stereocenters. The summed E-state index contributed by atoms with van der Waals surface area (Å²) in [6.07, 6.45) is 9.13. The van der Waals surface area contributed by atoms with Crippen molar-refractivity contribution in [2.24, 2.45) is 23.2 Å². The summed E-state index contributed by atoms with van der Waals surface area (Å²) in [5.74, 6) is 2.92. The summed E-state index contributed by atoms with van der Waals surface area (Å²) in [6, 6.07) is 0.289. The molecule has 17 heavy (non-hydrogen) atoms. The molecule has 4 fully saturated rings. The Balaban J connectivity index is 1.84. The Labute approximate surface area is 105 Å². The molecule has 4 bridgehead atoms. The molecule has 1 amide bonds. The van der Waals surface area contributed by atoms with E-state index in [4.69, 9.17) is 0 Å². The van der Waals surface area contributed by atoms with Gasteiger partial charge < -0.3 is 5.32 Å². The fourth-order valence-electron chi connectivity index (χ4n) is 4.88. The number of amides is 1. The van der Waals surface area contributed by atoms with Crippen molar-refractivity contribution in [3.05, 3.63) is 0 Å². The average Bonchev–Trinajstić information content (AvgIpc) is 2.44. The van der Waals surface area contributed by atoms with Gasteiger partial charge in [0, 0.05) is 11.5 Å². The van der Waals surface area contributed by atoms with E-state index in [1.54, 1.807) is 0 Å². The molecule has 0 spiro atoms. The largest absolute Gasteiger partial charge is 0.353 e. The van der Waals surface area contributed by atoms with E-state index in [0.29, 0.717) is 5.91 Å². The van der Waals surface area contributed by atoms with E-state index in [2.05, 4.69) is 19.2 Å². The third-order valence-corrected chi connectivity index (χ3v) is 5.26. The van der Waals surface area contributed by atoms with Crippen molar-refractivity contribution in [1.29, 1.82) is 0 Å². The van der Waals surface area contributed by atoms with Crippen molar-refractivity contribution in [2.45, 2.75) is 64.8 Å². The van der Waals surface area contributed by atoms with Crippen LogP contribution in [0.4, 0.5) is 0 Å². The van der Waals surface area contributed by atoms with E-state index in [1.807, 2.05) is 0 Å². The first-order valence-corrected chi connectivity index (χ1v) is 7.38. The van der Waals surface area contributed by atoms with Crippen LogP contribution in [0.5, 0.6) is 0 Å². The molecule has 96 valence electrons. The number of fused-ring (bicyclic) bond motifs is 1. The normalized spacial score (nSPS) is 43.8. The maximum atomic E-state index is 12.5. The van der Waals surface area contributed by atoms with E-state index in [0.717, 1.165) is 17.8 Å². The summed E-state index contributed by atoms with van der Waals surface area (Å²) < 4.78 is 0. The Morgan fingerprint density at radius 2 is 1.59 bits per heavy atom. The smallest absolute Gasteiger partial charge is 0.226 e. The van der Waals surface area contributed by atoms with Crippen molar-refractivity contribution in [3.8, 4) is 0 Å². The van der Waals surface area contributed by atoms with Crippen molar-refractivity contribution in [1.82, 2.24) is 5.32 Å². The van der Waals surface area contributed by atoms with Crippen molar-refractivity contribution < 1.29 is 4.79 Å². The zero-order valence-electron chi connectivity index (χ0n) is 11.2. The summed E-state index contributed by atoms with van der Waals surface area (Å²) in [4.78, 5) is 12.5. The van der Waals surface area contributed by atoms with Gasteiger partial charge in [-0.2, -0.15) is 0 Å². The van der Waals surface area contributed by atoms with Crippen LogP contribution in [0, 0.1) is 23.2 Å². The van der Waals surface area contributed by atoms with Crippen LogP contribution < -0.4 is 5.32 Å². The topological polar surface area (TPSA) is 29.1 Å². The quantitative estimate of drug-likeness (QED) is 0.783. The van der Waals surface area contributed by atoms with Crippen LogP contribution in [-0.4, -0.2) is 11.9 Å².